The number of hydrogen-bond donors (Lipinski definition) is 0. The average molecular weight is 461 g/mol. The first-order valence-corrected chi connectivity index (χ1v) is 18.3. The summed E-state index contributed by atoms with van der Waals surface area (Å²) in [6, 6.07) is 0. The summed E-state index contributed by atoms with van der Waals surface area (Å²) >= 11 is 0. The van der Waals surface area contributed by atoms with Gasteiger partial charge in [-0.05, 0) is 129 Å². The molecular weight excluding hydrogens is 410 g/mol. The largest absolute Gasteiger partial charge is 0.0954 e. The van der Waals surface area contributed by atoms with Gasteiger partial charge in [0.25, 0.3) is 0 Å². The molecule has 0 N–H and O–H groups in total. The van der Waals surface area contributed by atoms with Crippen LogP contribution in [0.1, 0.15) is 128 Å². The Morgan fingerprint density at radius 3 is 1.00 bits per heavy atom. The molecule has 2 heteroatoms. The second-order valence-electron chi connectivity index (χ2n) is 12.8. The molecule has 0 nitrogen and oxygen atoms in total. The molecule has 0 aromatic heterocycles. The molecule has 176 valence electrons. The first-order chi connectivity index (χ1) is 15.3. The zero-order valence-electron chi connectivity index (χ0n) is 20.5. The molecular formula is C29H50P2. The molecule has 2 saturated heterocycles. The Hall–Kier alpha value is 0.860. The molecule has 0 spiro atoms. The van der Waals surface area contributed by atoms with Crippen LogP contribution >= 0.6 is 15.8 Å². The molecule has 4 saturated carbocycles. The lowest BCUT2D eigenvalue weighted by molar-refractivity contribution is 0.257. The Labute approximate surface area is 196 Å². The summed E-state index contributed by atoms with van der Waals surface area (Å²) in [5.41, 5.74) is 0. The summed E-state index contributed by atoms with van der Waals surface area (Å²) in [4.78, 5) is 0. The van der Waals surface area contributed by atoms with Crippen molar-refractivity contribution in [2.24, 2.45) is 23.7 Å². The van der Waals surface area contributed by atoms with Gasteiger partial charge >= 0.3 is 0 Å². The van der Waals surface area contributed by atoms with Crippen LogP contribution in [0.3, 0.4) is 0 Å². The van der Waals surface area contributed by atoms with E-state index in [1.807, 2.05) is 5.90 Å². The summed E-state index contributed by atoms with van der Waals surface area (Å²) in [7, 11) is 0.631. The SMILES string of the molecule is C1CCC(C2(C3CCCC3)CCCP2CP2CCCC2(C2CCCC2)C2CCCC2)C1. The molecule has 2 atom stereocenters. The van der Waals surface area contributed by atoms with Crippen LogP contribution in [0.5, 0.6) is 0 Å². The van der Waals surface area contributed by atoms with Crippen LogP contribution in [0, 0.1) is 23.7 Å². The van der Waals surface area contributed by atoms with E-state index in [-0.39, 0.29) is 0 Å². The molecule has 0 amide bonds. The molecule has 31 heavy (non-hydrogen) atoms. The third kappa shape index (κ3) is 3.74. The monoisotopic (exact) mass is 460 g/mol. The summed E-state index contributed by atoms with van der Waals surface area (Å²) < 4.78 is 0. The van der Waals surface area contributed by atoms with Crippen molar-refractivity contribution in [1.29, 1.82) is 0 Å². The lowest BCUT2D eigenvalue weighted by Crippen LogP contribution is -2.42. The smallest absolute Gasteiger partial charge is 0.00347 e. The van der Waals surface area contributed by atoms with Gasteiger partial charge in [-0.15, -0.1) is 0 Å². The predicted molar refractivity (Wildman–Crippen MR) is 140 cm³/mol. The van der Waals surface area contributed by atoms with Gasteiger partial charge in [-0.25, -0.2) is 0 Å². The maximum absolute atomic E-state index is 1.81. The Kier molecular flexibility index (Phi) is 6.83. The summed E-state index contributed by atoms with van der Waals surface area (Å²) in [6.07, 6.45) is 35.6. The molecule has 4 aliphatic carbocycles. The lowest BCUT2D eigenvalue weighted by Gasteiger charge is -2.51. The zero-order chi connectivity index (χ0) is 20.7. The van der Waals surface area contributed by atoms with Crippen molar-refractivity contribution < 1.29 is 0 Å². The van der Waals surface area contributed by atoms with Crippen LogP contribution < -0.4 is 0 Å². The normalized spacial score (nSPS) is 37.5. The summed E-state index contributed by atoms with van der Waals surface area (Å²) in [6.45, 7) is 0. The standard InChI is InChI=1S/C29H50P2/c1-2-12-24(11-1)28(25-13-3-4-14-25)19-9-21-30(28)23-31-22-10-20-29(31,26-15-5-6-16-26)27-17-7-8-18-27/h24-27H,1-23H2. The maximum Gasteiger partial charge on any atom is -0.00347 e. The van der Waals surface area contributed by atoms with Gasteiger partial charge in [0.05, 0.1) is 0 Å². The van der Waals surface area contributed by atoms with Gasteiger partial charge in [-0.2, -0.15) is 0 Å². The van der Waals surface area contributed by atoms with Crippen molar-refractivity contribution in [3.8, 4) is 0 Å². The van der Waals surface area contributed by atoms with Crippen molar-refractivity contribution in [1.82, 2.24) is 0 Å². The van der Waals surface area contributed by atoms with Crippen molar-refractivity contribution >= 4 is 15.8 Å². The van der Waals surface area contributed by atoms with E-state index in [4.69, 9.17) is 0 Å². The fraction of sp³-hybridized carbons (Fsp3) is 1.00. The van der Waals surface area contributed by atoms with Crippen molar-refractivity contribution in [3.05, 3.63) is 0 Å². The Morgan fingerprint density at radius 1 is 0.419 bits per heavy atom. The van der Waals surface area contributed by atoms with E-state index < -0.39 is 0 Å². The zero-order valence-corrected chi connectivity index (χ0v) is 22.3. The van der Waals surface area contributed by atoms with Crippen LogP contribution in [-0.4, -0.2) is 28.5 Å². The molecule has 6 fully saturated rings. The highest BCUT2D eigenvalue weighted by Crippen LogP contribution is 2.78. The molecule has 2 unspecified atom stereocenters. The first kappa shape index (κ1) is 22.3. The molecule has 2 heterocycles. The Balaban J connectivity index is 1.30. The number of hydrogen-bond acceptors (Lipinski definition) is 0. The van der Waals surface area contributed by atoms with E-state index in [1.165, 1.54) is 0 Å². The van der Waals surface area contributed by atoms with E-state index in [9.17, 15) is 0 Å². The van der Waals surface area contributed by atoms with Crippen molar-refractivity contribution in [2.75, 3.05) is 18.2 Å². The highest BCUT2D eigenvalue weighted by atomic mass is 31.2. The van der Waals surface area contributed by atoms with E-state index in [2.05, 4.69) is 0 Å². The van der Waals surface area contributed by atoms with Gasteiger partial charge in [0.2, 0.25) is 0 Å². The van der Waals surface area contributed by atoms with Crippen molar-refractivity contribution in [2.45, 2.75) is 139 Å². The quantitative estimate of drug-likeness (QED) is 0.346. The molecule has 6 rings (SSSR count). The van der Waals surface area contributed by atoms with Crippen LogP contribution in [0.15, 0.2) is 0 Å². The van der Waals surface area contributed by atoms with Crippen LogP contribution in [0.2, 0.25) is 0 Å². The van der Waals surface area contributed by atoms with Gasteiger partial charge in [0.15, 0.2) is 0 Å². The second kappa shape index (κ2) is 9.49. The van der Waals surface area contributed by atoms with Crippen molar-refractivity contribution in [3.63, 3.8) is 0 Å². The minimum Gasteiger partial charge on any atom is -0.0954 e. The molecule has 6 aliphatic rings. The molecule has 0 radical (unpaired) electrons. The van der Waals surface area contributed by atoms with E-state index in [0.717, 1.165) is 34.0 Å². The maximum atomic E-state index is 1.81. The topological polar surface area (TPSA) is 0 Å². The van der Waals surface area contributed by atoms with Crippen LogP contribution in [-0.2, 0) is 0 Å². The van der Waals surface area contributed by atoms with Crippen LogP contribution in [0.25, 0.3) is 0 Å². The molecule has 0 aromatic carbocycles. The fourth-order valence-corrected chi connectivity index (χ4v) is 21.5. The Morgan fingerprint density at radius 2 is 0.710 bits per heavy atom. The highest BCUT2D eigenvalue weighted by Gasteiger charge is 2.58. The van der Waals surface area contributed by atoms with Gasteiger partial charge in [-0.1, -0.05) is 67.2 Å². The average Bonchev–Trinajstić information content (AvgIpc) is 3.62. The summed E-state index contributed by atoms with van der Waals surface area (Å²) in [5, 5.41) is 1.76. The fourth-order valence-electron chi connectivity index (χ4n) is 10.7. The predicted octanol–water partition coefficient (Wildman–Crippen LogP) is 9.73. The molecule has 2 aliphatic heterocycles. The third-order valence-corrected chi connectivity index (χ3v) is 20.5. The minimum absolute atomic E-state index is 0.316. The van der Waals surface area contributed by atoms with Gasteiger partial charge < -0.3 is 0 Å². The van der Waals surface area contributed by atoms with Gasteiger partial charge in [0.1, 0.15) is 0 Å². The Bertz CT molecular complexity index is 506. The summed E-state index contributed by atoms with van der Waals surface area (Å²) in [5.74, 6) is 6.46. The van der Waals surface area contributed by atoms with E-state index >= 15 is 0 Å². The minimum atomic E-state index is 0.316. The third-order valence-electron chi connectivity index (χ3n) is 11.8. The van der Waals surface area contributed by atoms with Gasteiger partial charge in [-0.3, -0.25) is 0 Å². The van der Waals surface area contributed by atoms with E-state index in [0.29, 0.717) is 15.8 Å². The second-order valence-corrected chi connectivity index (χ2v) is 18.6. The van der Waals surface area contributed by atoms with Crippen LogP contribution in [0.4, 0.5) is 0 Å². The first-order valence-electron chi connectivity index (χ1n) is 14.8. The highest BCUT2D eigenvalue weighted by molar-refractivity contribution is 7.76. The molecule has 0 bridgehead atoms. The van der Waals surface area contributed by atoms with E-state index in [1.54, 1.807) is 141 Å². The van der Waals surface area contributed by atoms with Gasteiger partial charge in [0, 0.05) is 0 Å². The number of rotatable bonds is 6. The molecule has 0 aromatic rings. The lowest BCUT2D eigenvalue weighted by atomic mass is 9.76.